The van der Waals surface area contributed by atoms with Crippen LogP contribution in [0.15, 0.2) is 6.20 Å². The largest absolute Gasteiger partial charge is 0.383 e. The van der Waals surface area contributed by atoms with Gasteiger partial charge in [-0.3, -0.25) is 0 Å². The highest BCUT2D eigenvalue weighted by Gasteiger charge is 2.08. The minimum Gasteiger partial charge on any atom is -0.383 e. The zero-order chi connectivity index (χ0) is 9.84. The maximum atomic E-state index is 5.82. The second-order valence-corrected chi connectivity index (χ2v) is 3.19. The van der Waals surface area contributed by atoms with E-state index in [0.29, 0.717) is 5.82 Å². The Morgan fingerprint density at radius 1 is 1.08 bits per heavy atom. The van der Waals surface area contributed by atoms with E-state index in [2.05, 4.69) is 25.8 Å². The number of rotatable bonds is 3. The summed E-state index contributed by atoms with van der Waals surface area (Å²) in [6.07, 6.45) is 4.99. The second-order valence-electron chi connectivity index (χ2n) is 3.19. The lowest BCUT2D eigenvalue weighted by atomic mass is 9.98. The molecule has 0 fully saturated rings. The molecule has 2 nitrogen and oxygen atoms in total. The van der Waals surface area contributed by atoms with Gasteiger partial charge in [0.15, 0.2) is 0 Å². The van der Waals surface area contributed by atoms with E-state index in [-0.39, 0.29) is 0 Å². The Morgan fingerprint density at radius 3 is 2.15 bits per heavy atom. The monoisotopic (exact) mass is 178 g/mol. The maximum absolute atomic E-state index is 5.82. The molecule has 0 amide bonds. The van der Waals surface area contributed by atoms with Gasteiger partial charge in [-0.15, -0.1) is 0 Å². The molecular weight excluding hydrogens is 160 g/mol. The summed E-state index contributed by atoms with van der Waals surface area (Å²) in [7, 11) is 0. The van der Waals surface area contributed by atoms with Gasteiger partial charge in [-0.1, -0.05) is 20.8 Å². The van der Waals surface area contributed by atoms with E-state index < -0.39 is 0 Å². The van der Waals surface area contributed by atoms with E-state index in [9.17, 15) is 0 Å². The number of nitrogen functional groups attached to an aromatic ring is 1. The molecule has 1 rings (SSSR count). The summed E-state index contributed by atoms with van der Waals surface area (Å²) in [5.41, 5.74) is 9.80. The van der Waals surface area contributed by atoms with Gasteiger partial charge in [0.1, 0.15) is 5.82 Å². The molecule has 1 heterocycles. The first-order valence-electron chi connectivity index (χ1n) is 4.99. The fourth-order valence-electron chi connectivity index (χ4n) is 1.79. The predicted molar refractivity (Wildman–Crippen MR) is 56.8 cm³/mol. The molecule has 0 saturated heterocycles. The van der Waals surface area contributed by atoms with Gasteiger partial charge < -0.3 is 5.73 Å². The van der Waals surface area contributed by atoms with Crippen molar-refractivity contribution in [2.24, 2.45) is 0 Å². The van der Waals surface area contributed by atoms with Crippen LogP contribution in [-0.4, -0.2) is 4.98 Å². The first-order valence-corrected chi connectivity index (χ1v) is 4.99. The van der Waals surface area contributed by atoms with Crippen molar-refractivity contribution in [2.75, 3.05) is 5.73 Å². The quantitative estimate of drug-likeness (QED) is 0.771. The number of aryl methyl sites for hydroxylation is 1. The number of hydrogen-bond donors (Lipinski definition) is 1. The molecule has 1 aromatic rings. The Morgan fingerprint density at radius 2 is 1.69 bits per heavy atom. The molecule has 0 aromatic carbocycles. The molecule has 0 spiro atoms. The molecule has 0 atom stereocenters. The lowest BCUT2D eigenvalue weighted by Crippen LogP contribution is -2.04. The van der Waals surface area contributed by atoms with Crippen LogP contribution in [-0.2, 0) is 19.3 Å². The average Bonchev–Trinajstić information content (AvgIpc) is 2.17. The van der Waals surface area contributed by atoms with Crippen molar-refractivity contribution in [3.05, 3.63) is 22.9 Å². The SMILES string of the molecule is CCc1cnc(N)c(CC)c1CC. The van der Waals surface area contributed by atoms with Crippen molar-refractivity contribution in [2.45, 2.75) is 40.0 Å². The highest BCUT2D eigenvalue weighted by atomic mass is 14.8. The third kappa shape index (κ3) is 1.82. The van der Waals surface area contributed by atoms with Crippen molar-refractivity contribution in [1.29, 1.82) is 0 Å². The van der Waals surface area contributed by atoms with Gasteiger partial charge >= 0.3 is 0 Å². The number of hydrogen-bond acceptors (Lipinski definition) is 2. The van der Waals surface area contributed by atoms with Gasteiger partial charge in [0.25, 0.3) is 0 Å². The van der Waals surface area contributed by atoms with Crippen LogP contribution in [0.5, 0.6) is 0 Å². The Hall–Kier alpha value is -1.05. The maximum Gasteiger partial charge on any atom is 0.126 e. The third-order valence-corrected chi connectivity index (χ3v) is 2.51. The molecule has 0 unspecified atom stereocenters. The van der Waals surface area contributed by atoms with Crippen LogP contribution >= 0.6 is 0 Å². The summed E-state index contributed by atoms with van der Waals surface area (Å²) in [5.74, 6) is 0.705. The Kier molecular flexibility index (Phi) is 3.29. The van der Waals surface area contributed by atoms with E-state index in [0.717, 1.165) is 19.3 Å². The molecule has 0 aliphatic heterocycles. The summed E-state index contributed by atoms with van der Waals surface area (Å²) in [5, 5.41) is 0. The lowest BCUT2D eigenvalue weighted by molar-refractivity contribution is 0.960. The van der Waals surface area contributed by atoms with Gasteiger partial charge in [-0.2, -0.15) is 0 Å². The molecule has 2 N–H and O–H groups in total. The Labute approximate surface area is 80.2 Å². The zero-order valence-corrected chi connectivity index (χ0v) is 8.72. The first-order chi connectivity index (χ1) is 6.24. The topological polar surface area (TPSA) is 38.9 Å². The van der Waals surface area contributed by atoms with Gasteiger partial charge in [-0.05, 0) is 36.0 Å². The highest BCUT2D eigenvalue weighted by molar-refractivity contribution is 5.47. The average molecular weight is 178 g/mol. The summed E-state index contributed by atoms with van der Waals surface area (Å²) < 4.78 is 0. The molecular formula is C11H18N2. The van der Waals surface area contributed by atoms with E-state index in [4.69, 9.17) is 5.73 Å². The number of pyridine rings is 1. The molecule has 0 radical (unpaired) electrons. The molecule has 72 valence electrons. The minimum absolute atomic E-state index is 0.705. The molecule has 13 heavy (non-hydrogen) atoms. The van der Waals surface area contributed by atoms with Crippen molar-refractivity contribution in [3.8, 4) is 0 Å². The van der Waals surface area contributed by atoms with Crippen LogP contribution in [0, 0.1) is 0 Å². The van der Waals surface area contributed by atoms with Gasteiger partial charge in [0.2, 0.25) is 0 Å². The predicted octanol–water partition coefficient (Wildman–Crippen LogP) is 2.35. The zero-order valence-electron chi connectivity index (χ0n) is 8.72. The molecule has 0 bridgehead atoms. The second kappa shape index (κ2) is 4.26. The lowest BCUT2D eigenvalue weighted by Gasteiger charge is -2.12. The van der Waals surface area contributed by atoms with Gasteiger partial charge in [0, 0.05) is 6.20 Å². The van der Waals surface area contributed by atoms with Gasteiger partial charge in [0.05, 0.1) is 0 Å². The molecule has 0 aliphatic carbocycles. The smallest absolute Gasteiger partial charge is 0.126 e. The Balaban J connectivity index is 3.27. The molecule has 0 saturated carbocycles. The number of nitrogens with two attached hydrogens (primary N) is 1. The van der Waals surface area contributed by atoms with E-state index in [1.165, 1.54) is 16.7 Å². The molecule has 2 heteroatoms. The van der Waals surface area contributed by atoms with Crippen LogP contribution in [0.2, 0.25) is 0 Å². The van der Waals surface area contributed by atoms with Crippen molar-refractivity contribution >= 4 is 5.82 Å². The van der Waals surface area contributed by atoms with Gasteiger partial charge in [-0.25, -0.2) is 4.98 Å². The fourth-order valence-corrected chi connectivity index (χ4v) is 1.79. The van der Waals surface area contributed by atoms with Crippen LogP contribution < -0.4 is 5.73 Å². The standard InChI is InChI=1S/C11H18N2/c1-4-8-7-13-11(12)10(6-3)9(8)5-2/h7H,4-6H2,1-3H3,(H2,12,13). The number of nitrogens with zero attached hydrogens (tertiary/aromatic N) is 1. The highest BCUT2D eigenvalue weighted by Crippen LogP contribution is 2.20. The summed E-state index contributed by atoms with van der Waals surface area (Å²) in [4.78, 5) is 4.21. The molecule has 0 aliphatic rings. The van der Waals surface area contributed by atoms with Crippen LogP contribution in [0.25, 0.3) is 0 Å². The Bertz CT molecular complexity index is 292. The van der Waals surface area contributed by atoms with Crippen molar-refractivity contribution < 1.29 is 0 Å². The molecule has 1 aromatic heterocycles. The minimum atomic E-state index is 0.705. The van der Waals surface area contributed by atoms with E-state index in [1.54, 1.807) is 0 Å². The third-order valence-electron chi connectivity index (χ3n) is 2.51. The number of anilines is 1. The number of aromatic nitrogens is 1. The van der Waals surface area contributed by atoms with Crippen LogP contribution in [0.3, 0.4) is 0 Å². The normalized spacial score (nSPS) is 10.4. The summed E-state index contributed by atoms with van der Waals surface area (Å²) in [6.45, 7) is 6.46. The van der Waals surface area contributed by atoms with E-state index >= 15 is 0 Å². The van der Waals surface area contributed by atoms with Crippen molar-refractivity contribution in [1.82, 2.24) is 4.98 Å². The van der Waals surface area contributed by atoms with Crippen LogP contribution in [0.1, 0.15) is 37.5 Å². The summed E-state index contributed by atoms with van der Waals surface area (Å²) in [6, 6.07) is 0. The summed E-state index contributed by atoms with van der Waals surface area (Å²) >= 11 is 0. The van der Waals surface area contributed by atoms with Crippen LogP contribution in [0.4, 0.5) is 5.82 Å². The van der Waals surface area contributed by atoms with E-state index in [1.807, 2.05) is 6.20 Å². The van der Waals surface area contributed by atoms with Crippen molar-refractivity contribution in [3.63, 3.8) is 0 Å². The first kappa shape index (κ1) is 10.0. The fraction of sp³-hybridized carbons (Fsp3) is 0.545.